The number of aromatic nitrogens is 1. The summed E-state index contributed by atoms with van der Waals surface area (Å²) in [5, 5.41) is 14.9. The van der Waals surface area contributed by atoms with Gasteiger partial charge in [0.2, 0.25) is 0 Å². The molecule has 0 fully saturated rings. The largest absolute Gasteiger partial charge is 0.422 e. The quantitative estimate of drug-likeness (QED) is 0.158. The molecule has 0 atom stereocenters. The highest BCUT2D eigenvalue weighted by Gasteiger charge is 2.15. The molecule has 5 aromatic rings. The molecule has 0 aliphatic rings. The number of hydrogen-bond acceptors (Lipinski definition) is 5. The molecule has 0 amide bonds. The fourth-order valence-electron chi connectivity index (χ4n) is 3.44. The molecule has 0 aliphatic carbocycles. The van der Waals surface area contributed by atoms with Crippen LogP contribution in [0.1, 0.15) is 10.6 Å². The van der Waals surface area contributed by atoms with E-state index in [0.717, 1.165) is 26.2 Å². The molecule has 6 heteroatoms. The van der Waals surface area contributed by atoms with Crippen LogP contribution in [0.3, 0.4) is 0 Å². The molecular weight excluding hydrogens is 472 g/mol. The standard InChI is InChI=1S/C25H13BrN2O2S/c26-18-8-5-15(6-9-18)11-17(13-27)24-28-22(14-31-24)21-12-20-19-4-2-1-3-16(19)7-10-23(20)30-25(21)29/h1-12,14H. The number of hydrogen-bond donors (Lipinski definition) is 0. The molecule has 0 unspecified atom stereocenters. The molecule has 4 nitrogen and oxygen atoms in total. The van der Waals surface area contributed by atoms with Crippen LogP contribution < -0.4 is 5.63 Å². The first kappa shape index (κ1) is 19.4. The molecule has 0 N–H and O–H groups in total. The van der Waals surface area contributed by atoms with Crippen LogP contribution in [-0.4, -0.2) is 4.98 Å². The van der Waals surface area contributed by atoms with Crippen LogP contribution in [-0.2, 0) is 0 Å². The molecule has 0 bridgehead atoms. The highest BCUT2D eigenvalue weighted by Crippen LogP contribution is 2.30. The minimum absolute atomic E-state index is 0.382. The molecule has 0 spiro atoms. The van der Waals surface area contributed by atoms with Gasteiger partial charge in [-0.25, -0.2) is 9.78 Å². The topological polar surface area (TPSA) is 66.9 Å². The molecule has 0 saturated carbocycles. The van der Waals surface area contributed by atoms with E-state index in [9.17, 15) is 10.1 Å². The van der Waals surface area contributed by atoms with Gasteiger partial charge in [-0.15, -0.1) is 11.3 Å². The average molecular weight is 485 g/mol. The van der Waals surface area contributed by atoms with Gasteiger partial charge in [-0.3, -0.25) is 0 Å². The molecule has 0 saturated heterocycles. The van der Waals surface area contributed by atoms with Crippen molar-refractivity contribution >= 4 is 60.7 Å². The van der Waals surface area contributed by atoms with Gasteiger partial charge in [-0.05, 0) is 46.7 Å². The van der Waals surface area contributed by atoms with Gasteiger partial charge in [0.1, 0.15) is 16.7 Å². The SMILES string of the molecule is N#CC(=Cc1ccc(Br)cc1)c1nc(-c2cc3c(ccc4ccccc43)oc2=O)cs1. The minimum Gasteiger partial charge on any atom is -0.422 e. The van der Waals surface area contributed by atoms with Gasteiger partial charge < -0.3 is 4.42 Å². The van der Waals surface area contributed by atoms with Crippen LogP contribution in [0.2, 0.25) is 0 Å². The Labute approximate surface area is 189 Å². The number of benzene rings is 3. The van der Waals surface area contributed by atoms with Crippen molar-refractivity contribution in [3.8, 4) is 17.3 Å². The van der Waals surface area contributed by atoms with Gasteiger partial charge in [0, 0.05) is 15.2 Å². The molecule has 2 aromatic heterocycles. The number of fused-ring (bicyclic) bond motifs is 3. The van der Waals surface area contributed by atoms with Gasteiger partial charge in [0.05, 0.1) is 16.8 Å². The molecule has 2 heterocycles. The van der Waals surface area contributed by atoms with Crippen molar-refractivity contribution in [1.29, 1.82) is 5.26 Å². The Balaban J connectivity index is 1.61. The van der Waals surface area contributed by atoms with Crippen molar-refractivity contribution < 1.29 is 4.42 Å². The number of allylic oxidation sites excluding steroid dienone is 1. The minimum atomic E-state index is -0.449. The summed E-state index contributed by atoms with van der Waals surface area (Å²) in [5.74, 6) is 0. The number of nitrogens with zero attached hydrogens (tertiary/aromatic N) is 2. The third kappa shape index (κ3) is 3.70. The van der Waals surface area contributed by atoms with Crippen LogP contribution in [0.15, 0.2) is 85.8 Å². The highest BCUT2D eigenvalue weighted by molar-refractivity contribution is 9.10. The Hall–Kier alpha value is -3.53. The lowest BCUT2D eigenvalue weighted by atomic mass is 10.0. The van der Waals surface area contributed by atoms with Crippen molar-refractivity contribution in [2.24, 2.45) is 0 Å². The number of nitriles is 1. The summed E-state index contributed by atoms with van der Waals surface area (Å²) < 4.78 is 6.55. The van der Waals surface area contributed by atoms with Crippen LogP contribution >= 0.6 is 27.3 Å². The first-order valence-electron chi connectivity index (χ1n) is 9.41. The van der Waals surface area contributed by atoms with E-state index in [0.29, 0.717) is 27.4 Å². The summed E-state index contributed by atoms with van der Waals surface area (Å²) in [6.07, 6.45) is 1.78. The van der Waals surface area contributed by atoms with Crippen molar-refractivity contribution in [2.45, 2.75) is 0 Å². The Kier molecular flexibility index (Phi) is 4.99. The van der Waals surface area contributed by atoms with Gasteiger partial charge in [0.15, 0.2) is 0 Å². The smallest absolute Gasteiger partial charge is 0.345 e. The number of halogens is 1. The third-order valence-corrected chi connectivity index (χ3v) is 6.36. The van der Waals surface area contributed by atoms with E-state index in [1.807, 2.05) is 66.7 Å². The zero-order valence-electron chi connectivity index (χ0n) is 16.0. The van der Waals surface area contributed by atoms with Crippen LogP contribution in [0.5, 0.6) is 0 Å². The molecule has 0 aliphatic heterocycles. The lowest BCUT2D eigenvalue weighted by molar-refractivity contribution is 0.563. The summed E-state index contributed by atoms with van der Waals surface area (Å²) in [5.41, 5.74) is 2.31. The van der Waals surface area contributed by atoms with Gasteiger partial charge in [-0.1, -0.05) is 58.4 Å². The Morgan fingerprint density at radius 2 is 1.87 bits per heavy atom. The lowest BCUT2D eigenvalue weighted by Gasteiger charge is -2.04. The van der Waals surface area contributed by atoms with E-state index in [2.05, 4.69) is 27.0 Å². The average Bonchev–Trinajstić information content (AvgIpc) is 3.28. The second kappa shape index (κ2) is 7.95. The number of thiazole rings is 1. The summed E-state index contributed by atoms with van der Waals surface area (Å²) in [4.78, 5) is 17.2. The third-order valence-electron chi connectivity index (χ3n) is 4.95. The summed E-state index contributed by atoms with van der Waals surface area (Å²) in [6, 6.07) is 23.4. The van der Waals surface area contributed by atoms with Crippen molar-refractivity contribution in [2.75, 3.05) is 0 Å². The zero-order chi connectivity index (χ0) is 21.4. The van der Waals surface area contributed by atoms with E-state index in [1.54, 1.807) is 11.5 Å². The number of rotatable bonds is 3. The second-order valence-electron chi connectivity index (χ2n) is 6.91. The van der Waals surface area contributed by atoms with E-state index >= 15 is 0 Å². The van der Waals surface area contributed by atoms with E-state index in [4.69, 9.17) is 4.42 Å². The maximum absolute atomic E-state index is 12.7. The van der Waals surface area contributed by atoms with Crippen molar-refractivity contribution in [3.05, 3.63) is 97.6 Å². The molecule has 3 aromatic carbocycles. The molecule has 148 valence electrons. The predicted molar refractivity (Wildman–Crippen MR) is 129 cm³/mol. The highest BCUT2D eigenvalue weighted by atomic mass is 79.9. The van der Waals surface area contributed by atoms with E-state index in [1.165, 1.54) is 11.3 Å². The normalized spacial score (nSPS) is 11.7. The summed E-state index contributed by atoms with van der Waals surface area (Å²) in [7, 11) is 0. The fraction of sp³-hybridized carbons (Fsp3) is 0. The van der Waals surface area contributed by atoms with Gasteiger partial charge in [-0.2, -0.15) is 5.26 Å². The maximum Gasteiger partial charge on any atom is 0.345 e. The van der Waals surface area contributed by atoms with Crippen LogP contribution in [0.25, 0.3) is 44.6 Å². The Bertz CT molecular complexity index is 1570. The molecule has 31 heavy (non-hydrogen) atoms. The summed E-state index contributed by atoms with van der Waals surface area (Å²) in [6.45, 7) is 0. The Morgan fingerprint density at radius 1 is 1.06 bits per heavy atom. The first-order chi connectivity index (χ1) is 15.1. The monoisotopic (exact) mass is 484 g/mol. The molecule has 0 radical (unpaired) electrons. The van der Waals surface area contributed by atoms with Crippen LogP contribution in [0.4, 0.5) is 0 Å². The zero-order valence-corrected chi connectivity index (χ0v) is 18.4. The van der Waals surface area contributed by atoms with E-state index in [-0.39, 0.29) is 0 Å². The maximum atomic E-state index is 12.7. The fourth-order valence-corrected chi connectivity index (χ4v) is 4.49. The molecular formula is C25H13BrN2O2S. The first-order valence-corrected chi connectivity index (χ1v) is 11.1. The van der Waals surface area contributed by atoms with Gasteiger partial charge in [0.25, 0.3) is 0 Å². The van der Waals surface area contributed by atoms with Gasteiger partial charge >= 0.3 is 5.63 Å². The van der Waals surface area contributed by atoms with Crippen molar-refractivity contribution in [1.82, 2.24) is 4.98 Å². The molecule has 5 rings (SSSR count). The predicted octanol–water partition coefficient (Wildman–Crippen LogP) is 6.90. The van der Waals surface area contributed by atoms with Crippen molar-refractivity contribution in [3.63, 3.8) is 0 Å². The summed E-state index contributed by atoms with van der Waals surface area (Å²) >= 11 is 4.73. The van der Waals surface area contributed by atoms with Crippen LogP contribution in [0, 0.1) is 11.3 Å². The lowest BCUT2D eigenvalue weighted by Crippen LogP contribution is -2.03. The second-order valence-corrected chi connectivity index (χ2v) is 8.68. The van der Waals surface area contributed by atoms with E-state index < -0.39 is 5.63 Å². The Morgan fingerprint density at radius 3 is 2.68 bits per heavy atom.